The number of methoxy groups -OCH3 is 1. The highest BCUT2D eigenvalue weighted by Crippen LogP contribution is 2.51. The number of rotatable bonds is 7. The van der Waals surface area contributed by atoms with Crippen LogP contribution in [0.2, 0.25) is 5.02 Å². The topological polar surface area (TPSA) is 68.8 Å². The van der Waals surface area contributed by atoms with Crippen molar-refractivity contribution in [2.75, 3.05) is 12.4 Å². The zero-order valence-corrected chi connectivity index (χ0v) is 20.5. The Morgan fingerprint density at radius 3 is 1.94 bits per heavy atom. The first-order valence-electron chi connectivity index (χ1n) is 10.2. The van der Waals surface area contributed by atoms with Crippen molar-refractivity contribution in [1.82, 2.24) is 0 Å². The molecule has 4 rings (SSSR count). The van der Waals surface area contributed by atoms with Crippen LogP contribution in [-0.4, -0.2) is 7.11 Å². The summed E-state index contributed by atoms with van der Waals surface area (Å²) in [5.74, 6) is 0.600. The van der Waals surface area contributed by atoms with E-state index in [2.05, 4.69) is 17.5 Å². The van der Waals surface area contributed by atoms with Crippen LogP contribution in [0.1, 0.15) is 11.1 Å². The zero-order chi connectivity index (χ0) is 23.9. The second-order valence-corrected chi connectivity index (χ2v) is 9.58. The van der Waals surface area contributed by atoms with Crippen molar-refractivity contribution >= 4 is 46.5 Å². The molecule has 1 N–H and O–H groups in total. The Balaban J connectivity index is 1.86. The van der Waals surface area contributed by atoms with Gasteiger partial charge in [-0.25, -0.2) is 0 Å². The largest absolute Gasteiger partial charge is 0.493 e. The number of halogens is 1. The molecule has 0 aliphatic carbocycles. The summed E-state index contributed by atoms with van der Waals surface area (Å²) in [4.78, 5) is 3.81. The minimum absolute atomic E-state index is 0.267. The van der Waals surface area contributed by atoms with Crippen molar-refractivity contribution in [1.29, 1.82) is 10.5 Å². The minimum atomic E-state index is 0.267. The van der Waals surface area contributed by atoms with Gasteiger partial charge in [-0.1, -0.05) is 77.6 Å². The molecule has 4 aromatic rings. The van der Waals surface area contributed by atoms with E-state index in [1.54, 1.807) is 54.9 Å². The first-order chi connectivity index (χ1) is 16.6. The van der Waals surface area contributed by atoms with Gasteiger partial charge in [0.1, 0.15) is 12.1 Å². The maximum absolute atomic E-state index is 9.64. The number of benzene rings is 4. The van der Waals surface area contributed by atoms with E-state index >= 15 is 0 Å². The molecule has 4 aromatic carbocycles. The molecule has 0 bridgehead atoms. The quantitative estimate of drug-likeness (QED) is 0.276. The fourth-order valence-corrected chi connectivity index (χ4v) is 5.82. The summed E-state index contributed by atoms with van der Waals surface area (Å²) < 4.78 is 5.88. The molecule has 4 nitrogen and oxygen atoms in total. The Kier molecular flexibility index (Phi) is 7.67. The first-order valence-corrected chi connectivity index (χ1v) is 12.2. The van der Waals surface area contributed by atoms with Crippen LogP contribution in [0.4, 0.5) is 11.4 Å². The third-order valence-corrected chi connectivity index (χ3v) is 7.62. The maximum atomic E-state index is 9.64. The average Bonchev–Trinajstić information content (AvgIpc) is 2.87. The Morgan fingerprint density at radius 2 is 1.38 bits per heavy atom. The summed E-state index contributed by atoms with van der Waals surface area (Å²) >= 11 is 9.95. The van der Waals surface area contributed by atoms with Crippen molar-refractivity contribution in [3.05, 3.63) is 101 Å². The number of nitrogens with one attached hydrogen (secondary N) is 1. The molecule has 7 heteroatoms. The van der Waals surface area contributed by atoms with Gasteiger partial charge in [0, 0.05) is 14.7 Å². The fourth-order valence-electron chi connectivity index (χ4n) is 3.30. The lowest BCUT2D eigenvalue weighted by Crippen LogP contribution is -2.01. The molecule has 0 saturated carbocycles. The lowest BCUT2D eigenvalue weighted by molar-refractivity contribution is 0.404. The fraction of sp³-hybridized carbons (Fsp3) is 0.0370. The molecular weight excluding hydrogens is 482 g/mol. The third-order valence-electron chi connectivity index (χ3n) is 4.84. The van der Waals surface area contributed by atoms with Crippen LogP contribution in [-0.2, 0) is 0 Å². The molecule has 0 radical (unpaired) electrons. The van der Waals surface area contributed by atoms with Crippen LogP contribution in [0.15, 0.2) is 105 Å². The number of nitrogens with zero attached hydrogens (tertiary/aromatic N) is 2. The lowest BCUT2D eigenvalue weighted by atomic mass is 10.1. The molecule has 0 aromatic heterocycles. The SMILES string of the molecule is COc1c(Nc2cccc(C#N)c2C#N)cc(Cl)c(Sc2ccccc2)c1Sc1ccccc1. The normalized spacial score (nSPS) is 10.2. The van der Waals surface area contributed by atoms with Gasteiger partial charge in [-0.15, -0.1) is 0 Å². The van der Waals surface area contributed by atoms with E-state index in [0.29, 0.717) is 27.7 Å². The molecule has 0 atom stereocenters. The van der Waals surface area contributed by atoms with Crippen molar-refractivity contribution in [3.8, 4) is 17.9 Å². The van der Waals surface area contributed by atoms with E-state index in [0.717, 1.165) is 19.6 Å². The van der Waals surface area contributed by atoms with Crippen LogP contribution < -0.4 is 10.1 Å². The van der Waals surface area contributed by atoms with Crippen LogP contribution >= 0.6 is 35.1 Å². The van der Waals surface area contributed by atoms with Crippen LogP contribution in [0.3, 0.4) is 0 Å². The molecule has 0 fully saturated rings. The van der Waals surface area contributed by atoms with E-state index in [1.807, 2.05) is 60.7 Å². The molecule has 0 saturated heterocycles. The van der Waals surface area contributed by atoms with E-state index in [9.17, 15) is 10.5 Å². The molecule has 0 amide bonds. The lowest BCUT2D eigenvalue weighted by Gasteiger charge is -2.20. The number of nitriles is 2. The van der Waals surface area contributed by atoms with E-state index in [1.165, 1.54) is 0 Å². The van der Waals surface area contributed by atoms with Crippen molar-refractivity contribution in [3.63, 3.8) is 0 Å². The Bertz CT molecular complexity index is 1400. The van der Waals surface area contributed by atoms with Gasteiger partial charge < -0.3 is 10.1 Å². The second kappa shape index (κ2) is 11.0. The van der Waals surface area contributed by atoms with Gasteiger partial charge in [0.05, 0.1) is 39.5 Å². The van der Waals surface area contributed by atoms with E-state index < -0.39 is 0 Å². The van der Waals surface area contributed by atoms with Crippen molar-refractivity contribution < 1.29 is 4.74 Å². The van der Waals surface area contributed by atoms with Gasteiger partial charge in [0.2, 0.25) is 0 Å². The highest BCUT2D eigenvalue weighted by Gasteiger charge is 2.22. The van der Waals surface area contributed by atoms with Gasteiger partial charge in [-0.3, -0.25) is 0 Å². The highest BCUT2D eigenvalue weighted by molar-refractivity contribution is 8.02. The standard InChI is InChI=1S/C27H18ClN3OS2/c1-32-25-24(31-23-14-8-9-18(16-29)21(23)17-30)15-22(28)26(33-19-10-4-2-5-11-19)27(25)34-20-12-6-3-7-13-20/h2-15,31H,1H3. The summed E-state index contributed by atoms with van der Waals surface area (Å²) in [6.07, 6.45) is 0. The van der Waals surface area contributed by atoms with Crippen LogP contribution in [0, 0.1) is 22.7 Å². The molecule has 0 aliphatic rings. The summed E-state index contributed by atoms with van der Waals surface area (Å²) in [5, 5.41) is 22.8. The number of hydrogen-bond acceptors (Lipinski definition) is 6. The summed E-state index contributed by atoms with van der Waals surface area (Å²) in [7, 11) is 1.61. The van der Waals surface area contributed by atoms with Gasteiger partial charge in [-0.05, 0) is 42.5 Å². The third kappa shape index (κ3) is 5.16. The van der Waals surface area contributed by atoms with Crippen molar-refractivity contribution in [2.45, 2.75) is 19.6 Å². The Morgan fingerprint density at radius 1 is 0.765 bits per heavy atom. The van der Waals surface area contributed by atoms with Crippen LogP contribution in [0.25, 0.3) is 0 Å². The predicted molar refractivity (Wildman–Crippen MR) is 138 cm³/mol. The molecule has 166 valence electrons. The number of anilines is 2. The number of hydrogen-bond donors (Lipinski definition) is 1. The Hall–Kier alpha value is -3.55. The summed E-state index contributed by atoms with van der Waals surface area (Å²) in [6.45, 7) is 0. The number of ether oxygens (including phenoxy) is 1. The monoisotopic (exact) mass is 499 g/mol. The maximum Gasteiger partial charge on any atom is 0.157 e. The molecule has 34 heavy (non-hydrogen) atoms. The minimum Gasteiger partial charge on any atom is -0.493 e. The first kappa shape index (κ1) is 23.6. The van der Waals surface area contributed by atoms with Gasteiger partial charge in [0.25, 0.3) is 0 Å². The van der Waals surface area contributed by atoms with E-state index in [-0.39, 0.29) is 5.56 Å². The summed E-state index contributed by atoms with van der Waals surface area (Å²) in [5.41, 5.74) is 1.68. The van der Waals surface area contributed by atoms with Gasteiger partial charge in [0.15, 0.2) is 5.75 Å². The second-order valence-electron chi connectivity index (χ2n) is 7.00. The predicted octanol–water partition coefficient (Wildman–Crippen LogP) is 8.14. The molecule has 0 heterocycles. The van der Waals surface area contributed by atoms with Crippen molar-refractivity contribution in [2.24, 2.45) is 0 Å². The van der Waals surface area contributed by atoms with E-state index in [4.69, 9.17) is 16.3 Å². The Labute approximate surface area is 212 Å². The van der Waals surface area contributed by atoms with Crippen LogP contribution in [0.5, 0.6) is 5.75 Å². The molecular formula is C27H18ClN3OS2. The smallest absolute Gasteiger partial charge is 0.157 e. The van der Waals surface area contributed by atoms with Gasteiger partial charge >= 0.3 is 0 Å². The highest BCUT2D eigenvalue weighted by atomic mass is 35.5. The molecule has 0 spiro atoms. The average molecular weight is 500 g/mol. The summed E-state index contributed by atoms with van der Waals surface area (Å²) in [6, 6.07) is 31.1. The van der Waals surface area contributed by atoms with Gasteiger partial charge in [-0.2, -0.15) is 10.5 Å². The molecule has 0 unspecified atom stereocenters. The zero-order valence-electron chi connectivity index (χ0n) is 18.1. The molecule has 0 aliphatic heterocycles.